The van der Waals surface area contributed by atoms with Gasteiger partial charge in [-0.05, 0) is 61.1 Å². The number of ether oxygens (including phenoxy) is 1. The van der Waals surface area contributed by atoms with Gasteiger partial charge in [0.1, 0.15) is 5.82 Å². The second kappa shape index (κ2) is 7.73. The van der Waals surface area contributed by atoms with Crippen LogP contribution in [0.1, 0.15) is 18.5 Å². The third-order valence-electron chi connectivity index (χ3n) is 4.41. The van der Waals surface area contributed by atoms with Crippen molar-refractivity contribution in [1.82, 2.24) is 5.32 Å². The van der Waals surface area contributed by atoms with Crippen LogP contribution in [0.2, 0.25) is 0 Å². The lowest BCUT2D eigenvalue weighted by Gasteiger charge is -2.37. The number of allylic oxidation sites excluding steroid dienone is 1. The first-order valence-electron chi connectivity index (χ1n) is 8.23. The molecular weight excluding hydrogens is 385 g/mol. The van der Waals surface area contributed by atoms with Crippen molar-refractivity contribution in [2.24, 2.45) is 0 Å². The first-order valence-corrected chi connectivity index (χ1v) is 8.64. The van der Waals surface area contributed by atoms with Gasteiger partial charge in [-0.25, -0.2) is 9.18 Å². The third kappa shape index (κ3) is 3.56. The lowest BCUT2D eigenvalue weighted by Crippen LogP contribution is -2.48. The van der Waals surface area contributed by atoms with Crippen LogP contribution in [0.3, 0.4) is 0 Å². The van der Waals surface area contributed by atoms with Crippen LogP contribution in [0.25, 0.3) is 0 Å². The minimum atomic E-state index is -0.641. The van der Waals surface area contributed by atoms with E-state index in [0.29, 0.717) is 27.6 Å². The summed E-state index contributed by atoms with van der Waals surface area (Å²) in [5.41, 5.74) is 1.96. The molecule has 7 nitrogen and oxygen atoms in total. The van der Waals surface area contributed by atoms with Gasteiger partial charge in [-0.15, -0.1) is 0 Å². The Morgan fingerprint density at radius 3 is 2.36 bits per heavy atom. The number of methoxy groups -OCH3 is 1. The second-order valence-electron chi connectivity index (χ2n) is 6.03. The Kier molecular flexibility index (Phi) is 5.36. The third-order valence-corrected chi connectivity index (χ3v) is 4.71. The first kappa shape index (κ1) is 19.4. The van der Waals surface area contributed by atoms with E-state index < -0.39 is 22.8 Å². The second-order valence-corrected chi connectivity index (χ2v) is 6.42. The van der Waals surface area contributed by atoms with Crippen LogP contribution < -0.4 is 10.2 Å². The van der Waals surface area contributed by atoms with Gasteiger partial charge < -0.3 is 10.1 Å². The Morgan fingerprint density at radius 1 is 1.21 bits per heavy atom. The molecule has 0 radical (unpaired) electrons. The minimum Gasteiger partial charge on any atom is -0.466 e. The number of anilines is 1. The molecule has 0 aliphatic carbocycles. The molecule has 2 aromatic carbocycles. The fraction of sp³-hybridized carbons (Fsp3) is 0.158. The number of hydrogen-bond acceptors (Lipinski definition) is 5. The number of nitrogens with one attached hydrogen (secondary N) is 1. The van der Waals surface area contributed by atoms with E-state index in [4.69, 9.17) is 17.0 Å². The van der Waals surface area contributed by atoms with Crippen LogP contribution in [0.4, 0.5) is 15.8 Å². The van der Waals surface area contributed by atoms with E-state index in [1.165, 1.54) is 31.4 Å². The smallest absolute Gasteiger partial charge is 0.337 e. The van der Waals surface area contributed by atoms with Gasteiger partial charge >= 0.3 is 5.97 Å². The summed E-state index contributed by atoms with van der Waals surface area (Å²) in [7, 11) is 1.27. The topological polar surface area (TPSA) is 84.7 Å². The highest BCUT2D eigenvalue weighted by Crippen LogP contribution is 2.34. The van der Waals surface area contributed by atoms with Crippen molar-refractivity contribution in [3.05, 3.63) is 81.3 Å². The molecule has 0 spiro atoms. The lowest BCUT2D eigenvalue weighted by molar-refractivity contribution is -0.384. The van der Waals surface area contributed by atoms with E-state index in [-0.39, 0.29) is 5.69 Å². The Labute approximate surface area is 165 Å². The quantitative estimate of drug-likeness (QED) is 0.362. The SMILES string of the molecule is COC(=O)C1=C(C)N(c2ccc(F)cc2)C(=S)N[C@@H]1c1ccc([N+](=O)[O-])cc1. The number of thiocarbonyl (C=S) groups is 1. The molecule has 0 fully saturated rings. The molecule has 0 bridgehead atoms. The van der Waals surface area contributed by atoms with Gasteiger partial charge in [-0.2, -0.15) is 0 Å². The zero-order valence-corrected chi connectivity index (χ0v) is 15.8. The van der Waals surface area contributed by atoms with E-state index >= 15 is 0 Å². The number of nitrogens with zero attached hydrogens (tertiary/aromatic N) is 2. The number of carbonyl (C=O) groups is 1. The standard InChI is InChI=1S/C19H16FN3O4S/c1-11-16(18(24)27-2)17(12-3-7-15(8-4-12)23(25)26)21-19(28)22(11)14-9-5-13(20)6-10-14/h3-10,17H,1-2H3,(H,21,28)/t17-/m1/s1. The Balaban J connectivity index is 2.09. The molecule has 1 aliphatic rings. The molecule has 1 N–H and O–H groups in total. The van der Waals surface area contributed by atoms with Crippen LogP contribution in [0.15, 0.2) is 59.8 Å². The van der Waals surface area contributed by atoms with Crippen molar-refractivity contribution in [3.63, 3.8) is 0 Å². The first-order chi connectivity index (χ1) is 13.3. The van der Waals surface area contributed by atoms with Crippen LogP contribution in [-0.2, 0) is 9.53 Å². The summed E-state index contributed by atoms with van der Waals surface area (Å²) in [4.78, 5) is 24.5. The summed E-state index contributed by atoms with van der Waals surface area (Å²) in [5.74, 6) is -0.957. The number of nitro benzene ring substituents is 1. The monoisotopic (exact) mass is 401 g/mol. The molecule has 3 rings (SSSR count). The fourth-order valence-corrected chi connectivity index (χ4v) is 3.42. The maximum absolute atomic E-state index is 13.3. The number of non-ortho nitro benzene ring substituents is 1. The van der Waals surface area contributed by atoms with Gasteiger partial charge in [0, 0.05) is 23.5 Å². The van der Waals surface area contributed by atoms with Crippen molar-refractivity contribution >= 4 is 34.7 Å². The van der Waals surface area contributed by atoms with Gasteiger partial charge in [-0.1, -0.05) is 0 Å². The van der Waals surface area contributed by atoms with Crippen LogP contribution >= 0.6 is 12.2 Å². The summed E-state index contributed by atoms with van der Waals surface area (Å²) < 4.78 is 18.2. The van der Waals surface area contributed by atoms with Gasteiger partial charge in [0.25, 0.3) is 5.69 Å². The average Bonchev–Trinajstić information content (AvgIpc) is 2.68. The van der Waals surface area contributed by atoms with E-state index in [1.54, 1.807) is 36.1 Å². The highest BCUT2D eigenvalue weighted by atomic mass is 32.1. The van der Waals surface area contributed by atoms with Crippen molar-refractivity contribution in [3.8, 4) is 0 Å². The van der Waals surface area contributed by atoms with Crippen LogP contribution in [0, 0.1) is 15.9 Å². The van der Waals surface area contributed by atoms with Crippen molar-refractivity contribution in [1.29, 1.82) is 0 Å². The number of rotatable bonds is 4. The molecule has 144 valence electrons. The maximum Gasteiger partial charge on any atom is 0.337 e. The zero-order valence-electron chi connectivity index (χ0n) is 15.0. The minimum absolute atomic E-state index is 0.0598. The van der Waals surface area contributed by atoms with Crippen molar-refractivity contribution in [2.75, 3.05) is 12.0 Å². The molecule has 0 amide bonds. The summed E-state index contributed by atoms with van der Waals surface area (Å²) in [6.45, 7) is 1.71. The van der Waals surface area contributed by atoms with Gasteiger partial charge in [0.15, 0.2) is 5.11 Å². The maximum atomic E-state index is 13.3. The Hall–Kier alpha value is -3.33. The average molecular weight is 401 g/mol. The summed E-state index contributed by atoms with van der Waals surface area (Å²) in [5, 5.41) is 14.3. The van der Waals surface area contributed by atoms with Crippen LogP contribution in [-0.4, -0.2) is 23.1 Å². The van der Waals surface area contributed by atoms with E-state index in [2.05, 4.69) is 5.32 Å². The predicted octanol–water partition coefficient (Wildman–Crippen LogP) is 3.62. The summed E-state index contributed by atoms with van der Waals surface area (Å²) in [6, 6.07) is 10.9. The molecule has 1 atom stereocenters. The lowest BCUT2D eigenvalue weighted by atomic mass is 9.94. The molecule has 28 heavy (non-hydrogen) atoms. The van der Waals surface area contributed by atoms with E-state index in [0.717, 1.165) is 0 Å². The number of nitro groups is 1. The van der Waals surface area contributed by atoms with Crippen LogP contribution in [0.5, 0.6) is 0 Å². The highest BCUT2D eigenvalue weighted by molar-refractivity contribution is 7.80. The number of halogens is 1. The molecule has 1 heterocycles. The number of hydrogen-bond donors (Lipinski definition) is 1. The van der Waals surface area contributed by atoms with Gasteiger partial charge in [0.2, 0.25) is 0 Å². The van der Waals surface area contributed by atoms with E-state index in [9.17, 15) is 19.3 Å². The molecule has 0 saturated heterocycles. The molecule has 9 heteroatoms. The largest absolute Gasteiger partial charge is 0.466 e. The predicted molar refractivity (Wildman–Crippen MR) is 105 cm³/mol. The molecular formula is C19H16FN3O4S. The normalized spacial score (nSPS) is 16.6. The fourth-order valence-electron chi connectivity index (χ4n) is 3.06. The van der Waals surface area contributed by atoms with Crippen molar-refractivity contribution in [2.45, 2.75) is 13.0 Å². The molecule has 2 aromatic rings. The van der Waals surface area contributed by atoms with Gasteiger partial charge in [-0.3, -0.25) is 15.0 Å². The number of esters is 1. The zero-order chi connectivity index (χ0) is 20.4. The number of carbonyl (C=O) groups excluding carboxylic acids is 1. The Bertz CT molecular complexity index is 974. The molecule has 0 unspecified atom stereocenters. The van der Waals surface area contributed by atoms with E-state index in [1.807, 2.05) is 0 Å². The van der Waals surface area contributed by atoms with Crippen molar-refractivity contribution < 1.29 is 18.8 Å². The highest BCUT2D eigenvalue weighted by Gasteiger charge is 2.35. The van der Waals surface area contributed by atoms with Gasteiger partial charge in [0.05, 0.1) is 23.6 Å². The molecule has 0 aromatic heterocycles. The Morgan fingerprint density at radius 2 is 1.82 bits per heavy atom. The molecule has 1 aliphatic heterocycles. The summed E-state index contributed by atoms with van der Waals surface area (Å²) in [6.07, 6.45) is 0. The number of benzene rings is 2. The molecule has 0 saturated carbocycles. The summed E-state index contributed by atoms with van der Waals surface area (Å²) >= 11 is 5.47.